The third-order valence-corrected chi connectivity index (χ3v) is 3.99. The van der Waals surface area contributed by atoms with Crippen LogP contribution in [-0.4, -0.2) is 0 Å². The summed E-state index contributed by atoms with van der Waals surface area (Å²) in [5.74, 6) is 0. The Morgan fingerprint density at radius 1 is 0.522 bits per heavy atom. The molecule has 23 heavy (non-hydrogen) atoms. The zero-order valence-corrected chi connectivity index (χ0v) is 17.2. The summed E-state index contributed by atoms with van der Waals surface area (Å²) in [7, 11) is 0. The van der Waals surface area contributed by atoms with Crippen molar-refractivity contribution in [1.82, 2.24) is 0 Å². The molecule has 122 valence electrons. The molecule has 0 aromatic carbocycles. The Hall–Kier alpha value is 1.79. The van der Waals surface area contributed by atoms with Crippen LogP contribution in [0.2, 0.25) is 0 Å². The molecule has 0 bridgehead atoms. The van der Waals surface area contributed by atoms with Gasteiger partial charge < -0.3 is 19.8 Å². The SMILES string of the molecule is [CH2-]CCC[CH-]CCCCCCCCC[CH-]CCCCC.[Li+].[Li+].[Li+]. The fourth-order valence-electron chi connectivity index (χ4n) is 2.58. The topological polar surface area (TPSA) is 0 Å². The van der Waals surface area contributed by atoms with Gasteiger partial charge >= 0.3 is 56.6 Å². The van der Waals surface area contributed by atoms with E-state index in [1.165, 1.54) is 96.3 Å². The molecule has 0 heterocycles. The van der Waals surface area contributed by atoms with Crippen molar-refractivity contribution in [1.29, 1.82) is 0 Å². The average molecular weight is 300 g/mol. The van der Waals surface area contributed by atoms with E-state index in [1.807, 2.05) is 0 Å². The van der Waals surface area contributed by atoms with E-state index in [0.29, 0.717) is 0 Å². The average Bonchev–Trinajstić information content (AvgIpc) is 2.47. The molecule has 0 spiro atoms. The van der Waals surface area contributed by atoms with Crippen LogP contribution in [0.5, 0.6) is 0 Å². The molecule has 0 atom stereocenters. The molecule has 0 aliphatic heterocycles. The van der Waals surface area contributed by atoms with Gasteiger partial charge in [-0.3, -0.25) is 0 Å². The van der Waals surface area contributed by atoms with Crippen LogP contribution in [0.25, 0.3) is 0 Å². The Balaban J connectivity index is -0.000000602. The molecular weight excluding hydrogens is 261 g/mol. The van der Waals surface area contributed by atoms with Crippen LogP contribution in [0.1, 0.15) is 110 Å². The summed E-state index contributed by atoms with van der Waals surface area (Å²) in [6, 6.07) is 0. The Morgan fingerprint density at radius 3 is 1.26 bits per heavy atom. The molecule has 0 aromatic heterocycles. The fourth-order valence-corrected chi connectivity index (χ4v) is 2.58. The van der Waals surface area contributed by atoms with Crippen LogP contribution >= 0.6 is 0 Å². The summed E-state index contributed by atoms with van der Waals surface area (Å²) in [5, 5.41) is 0. The fraction of sp³-hybridized carbons (Fsp3) is 0.850. The molecule has 3 heteroatoms. The Labute approximate surface area is 185 Å². The third-order valence-electron chi connectivity index (χ3n) is 3.99. The molecule has 0 amide bonds. The quantitative estimate of drug-likeness (QED) is 0.174. The molecule has 0 N–H and O–H groups in total. The van der Waals surface area contributed by atoms with Gasteiger partial charge in [-0.2, -0.15) is 32.1 Å². The maximum atomic E-state index is 3.87. The van der Waals surface area contributed by atoms with Crippen LogP contribution in [0, 0.1) is 19.8 Å². The number of unbranched alkanes of at least 4 members (excludes halogenated alkanes) is 17. The Bertz CT molecular complexity index is 145. The van der Waals surface area contributed by atoms with E-state index in [2.05, 4.69) is 26.7 Å². The summed E-state index contributed by atoms with van der Waals surface area (Å²) >= 11 is 0. The molecular formula is C20H39Li3. The van der Waals surface area contributed by atoms with E-state index in [-0.39, 0.29) is 56.6 Å². The zero-order valence-electron chi connectivity index (χ0n) is 17.2. The Kier molecular flexibility index (Phi) is 44.5. The summed E-state index contributed by atoms with van der Waals surface area (Å²) < 4.78 is 0. The summed E-state index contributed by atoms with van der Waals surface area (Å²) in [6.45, 7) is 6.15. The third kappa shape index (κ3) is 32.0. The molecule has 0 saturated heterocycles. The standard InChI is InChI=1S/C20H39.3Li/c1-3-5-7-9-11-13-15-17-19-20-18-16-14-12-10-8-6-4-2;;;/h9,12H,1,3-8,10-11,13-20H2,2H3;;;/q-3;3*+1. The predicted octanol–water partition coefficient (Wildman–Crippen LogP) is -1.50. The normalized spacial score (nSPS) is 9.65. The van der Waals surface area contributed by atoms with Crippen molar-refractivity contribution in [2.45, 2.75) is 110 Å². The molecule has 0 aliphatic rings. The summed E-state index contributed by atoms with van der Waals surface area (Å²) in [4.78, 5) is 0. The van der Waals surface area contributed by atoms with Gasteiger partial charge in [-0.25, -0.2) is 0 Å². The Morgan fingerprint density at radius 2 is 0.870 bits per heavy atom. The van der Waals surface area contributed by atoms with E-state index in [4.69, 9.17) is 0 Å². The van der Waals surface area contributed by atoms with Gasteiger partial charge in [-0.05, 0) is 0 Å². The van der Waals surface area contributed by atoms with Gasteiger partial charge in [0.25, 0.3) is 0 Å². The molecule has 0 saturated carbocycles. The molecule has 0 rings (SSSR count). The minimum atomic E-state index is 0. The number of hydrogen-bond acceptors (Lipinski definition) is 0. The van der Waals surface area contributed by atoms with Crippen molar-refractivity contribution in [2.75, 3.05) is 0 Å². The number of hydrogen-bond donors (Lipinski definition) is 0. The van der Waals surface area contributed by atoms with Crippen molar-refractivity contribution in [3.8, 4) is 0 Å². The van der Waals surface area contributed by atoms with Gasteiger partial charge in [0.15, 0.2) is 0 Å². The van der Waals surface area contributed by atoms with Gasteiger partial charge in [0.1, 0.15) is 0 Å². The van der Waals surface area contributed by atoms with Gasteiger partial charge in [0.2, 0.25) is 0 Å². The van der Waals surface area contributed by atoms with Gasteiger partial charge in [0, 0.05) is 0 Å². The minimum absolute atomic E-state index is 0. The summed E-state index contributed by atoms with van der Waals surface area (Å²) in [5.41, 5.74) is 0. The first-order valence-corrected chi connectivity index (χ1v) is 9.34. The van der Waals surface area contributed by atoms with Crippen LogP contribution in [0.3, 0.4) is 0 Å². The minimum Gasteiger partial charge on any atom is -0.343 e. The van der Waals surface area contributed by atoms with Gasteiger partial charge in [-0.1, -0.05) is 71.1 Å². The second kappa shape index (κ2) is 31.6. The van der Waals surface area contributed by atoms with Crippen LogP contribution < -0.4 is 56.6 Å². The smallest absolute Gasteiger partial charge is 0.343 e. The van der Waals surface area contributed by atoms with Gasteiger partial charge in [-0.15, -0.1) is 6.42 Å². The first-order chi connectivity index (χ1) is 9.91. The van der Waals surface area contributed by atoms with Crippen LogP contribution in [-0.2, 0) is 0 Å². The second-order valence-electron chi connectivity index (χ2n) is 6.12. The first-order valence-electron chi connectivity index (χ1n) is 9.34. The summed E-state index contributed by atoms with van der Waals surface area (Å²) in [6.07, 6.45) is 26.9. The molecule has 0 aliphatic carbocycles. The maximum absolute atomic E-state index is 3.87. The van der Waals surface area contributed by atoms with Crippen LogP contribution in [0.15, 0.2) is 0 Å². The molecule has 0 nitrogen and oxygen atoms in total. The van der Waals surface area contributed by atoms with Crippen molar-refractivity contribution in [2.24, 2.45) is 0 Å². The predicted molar refractivity (Wildman–Crippen MR) is 93.5 cm³/mol. The van der Waals surface area contributed by atoms with Crippen molar-refractivity contribution >= 4 is 0 Å². The molecule has 0 unspecified atom stereocenters. The molecule has 0 radical (unpaired) electrons. The maximum Gasteiger partial charge on any atom is 1.00 e. The molecule has 0 fully saturated rings. The van der Waals surface area contributed by atoms with E-state index in [0.717, 1.165) is 6.42 Å². The number of rotatable bonds is 17. The first kappa shape index (κ1) is 32.5. The molecule has 0 aromatic rings. The van der Waals surface area contributed by atoms with E-state index >= 15 is 0 Å². The zero-order chi connectivity index (χ0) is 14.7. The van der Waals surface area contributed by atoms with Gasteiger partial charge in [0.05, 0.1) is 0 Å². The van der Waals surface area contributed by atoms with Crippen molar-refractivity contribution in [3.05, 3.63) is 19.8 Å². The van der Waals surface area contributed by atoms with E-state index in [1.54, 1.807) is 0 Å². The van der Waals surface area contributed by atoms with E-state index in [9.17, 15) is 0 Å². The second-order valence-corrected chi connectivity index (χ2v) is 6.12. The van der Waals surface area contributed by atoms with Crippen molar-refractivity contribution < 1.29 is 56.6 Å². The van der Waals surface area contributed by atoms with E-state index < -0.39 is 0 Å². The van der Waals surface area contributed by atoms with Crippen molar-refractivity contribution in [3.63, 3.8) is 0 Å². The van der Waals surface area contributed by atoms with Crippen LogP contribution in [0.4, 0.5) is 0 Å². The largest absolute Gasteiger partial charge is 1.00 e. The monoisotopic (exact) mass is 300 g/mol.